The van der Waals surface area contributed by atoms with Gasteiger partial charge in [0.25, 0.3) is 0 Å². The fraction of sp³-hybridized carbons (Fsp3) is 0.316. The van der Waals surface area contributed by atoms with Crippen LogP contribution in [0.15, 0.2) is 48.5 Å². The first-order valence-electron chi connectivity index (χ1n) is 7.45. The van der Waals surface area contributed by atoms with Crippen LogP contribution in [-0.4, -0.2) is 16.2 Å². The molecule has 2 rings (SSSR count). The van der Waals surface area contributed by atoms with Crippen LogP contribution in [0.5, 0.6) is 5.75 Å². The lowest BCUT2D eigenvalue weighted by Crippen LogP contribution is -2.22. The molecule has 0 heterocycles. The van der Waals surface area contributed by atoms with Crippen molar-refractivity contribution in [2.45, 2.75) is 38.9 Å². The van der Waals surface area contributed by atoms with Crippen molar-refractivity contribution < 1.29 is 19.7 Å². The van der Waals surface area contributed by atoms with E-state index in [0.29, 0.717) is 16.9 Å². The van der Waals surface area contributed by atoms with Crippen LogP contribution in [0.3, 0.4) is 0 Å². The highest BCUT2D eigenvalue weighted by atomic mass is 16.5. The summed E-state index contributed by atoms with van der Waals surface area (Å²) in [7, 11) is 0. The lowest BCUT2D eigenvalue weighted by atomic mass is 9.89. The van der Waals surface area contributed by atoms with E-state index in [9.17, 15) is 15.0 Å². The number of hydrogen-bond acceptors (Lipinski definition) is 4. The molecule has 2 aromatic carbocycles. The predicted molar refractivity (Wildman–Crippen MR) is 88.3 cm³/mol. The molecule has 0 aliphatic heterocycles. The van der Waals surface area contributed by atoms with Crippen LogP contribution in [0.1, 0.15) is 49.2 Å². The first-order chi connectivity index (χ1) is 10.6. The van der Waals surface area contributed by atoms with Crippen LogP contribution >= 0.6 is 0 Å². The molecule has 0 radical (unpaired) electrons. The minimum Gasteiger partial charge on any atom is -0.423 e. The topological polar surface area (TPSA) is 66.8 Å². The van der Waals surface area contributed by atoms with E-state index in [4.69, 9.17) is 4.74 Å². The van der Waals surface area contributed by atoms with Crippen molar-refractivity contribution in [1.29, 1.82) is 0 Å². The molecule has 122 valence electrons. The zero-order valence-electron chi connectivity index (χ0n) is 13.8. The summed E-state index contributed by atoms with van der Waals surface area (Å²) >= 11 is 0. The van der Waals surface area contributed by atoms with Gasteiger partial charge >= 0.3 is 5.97 Å². The lowest BCUT2D eigenvalue weighted by molar-refractivity contribution is 0.0698. The molecule has 0 bridgehead atoms. The van der Waals surface area contributed by atoms with Gasteiger partial charge < -0.3 is 14.9 Å². The van der Waals surface area contributed by atoms with Gasteiger partial charge in [0.2, 0.25) is 0 Å². The molecule has 0 atom stereocenters. The summed E-state index contributed by atoms with van der Waals surface area (Å²) in [4.78, 5) is 12.4. The molecule has 4 heteroatoms. The lowest BCUT2D eigenvalue weighted by Gasteiger charge is -2.24. The largest absolute Gasteiger partial charge is 0.423 e. The third-order valence-corrected chi connectivity index (χ3v) is 3.54. The maximum Gasteiger partial charge on any atom is 0.343 e. The van der Waals surface area contributed by atoms with E-state index in [1.165, 1.54) is 0 Å². The molecule has 2 aromatic rings. The summed E-state index contributed by atoms with van der Waals surface area (Å²) < 4.78 is 5.33. The van der Waals surface area contributed by atoms with E-state index >= 15 is 0 Å². The third-order valence-electron chi connectivity index (χ3n) is 3.54. The first-order valence-corrected chi connectivity index (χ1v) is 7.45. The van der Waals surface area contributed by atoms with Crippen molar-refractivity contribution in [1.82, 2.24) is 0 Å². The fourth-order valence-electron chi connectivity index (χ4n) is 2.11. The quantitative estimate of drug-likeness (QED) is 0.671. The average Bonchev–Trinajstić information content (AvgIpc) is 2.46. The smallest absolute Gasteiger partial charge is 0.343 e. The predicted octanol–water partition coefficient (Wildman–Crippen LogP) is 3.36. The Labute approximate surface area is 136 Å². The Morgan fingerprint density at radius 3 is 1.78 bits per heavy atom. The molecule has 0 aliphatic rings. The SMILES string of the molecule is CC(C)(O)c1cc(C(=O)Oc2ccccc2)cc(C(C)(C)O)c1. The van der Waals surface area contributed by atoms with Crippen molar-refractivity contribution in [2.24, 2.45) is 0 Å². The monoisotopic (exact) mass is 314 g/mol. The van der Waals surface area contributed by atoms with Crippen LogP contribution < -0.4 is 4.74 Å². The van der Waals surface area contributed by atoms with Gasteiger partial charge in [0.15, 0.2) is 0 Å². The van der Waals surface area contributed by atoms with E-state index in [0.717, 1.165) is 0 Å². The van der Waals surface area contributed by atoms with Crippen molar-refractivity contribution in [3.63, 3.8) is 0 Å². The van der Waals surface area contributed by atoms with Crippen molar-refractivity contribution in [2.75, 3.05) is 0 Å². The number of benzene rings is 2. The van der Waals surface area contributed by atoms with Crippen molar-refractivity contribution in [3.8, 4) is 5.75 Å². The van der Waals surface area contributed by atoms with Gasteiger partial charge in [0.05, 0.1) is 16.8 Å². The summed E-state index contributed by atoms with van der Waals surface area (Å²) in [6.45, 7) is 6.51. The van der Waals surface area contributed by atoms with Gasteiger partial charge in [0, 0.05) is 0 Å². The highest BCUT2D eigenvalue weighted by molar-refractivity contribution is 5.91. The van der Waals surface area contributed by atoms with Crippen molar-refractivity contribution in [3.05, 3.63) is 65.2 Å². The zero-order chi connectivity index (χ0) is 17.3. The van der Waals surface area contributed by atoms with Crippen molar-refractivity contribution >= 4 is 5.97 Å². The first kappa shape index (κ1) is 17.2. The van der Waals surface area contributed by atoms with Gasteiger partial charge in [-0.1, -0.05) is 24.3 Å². The van der Waals surface area contributed by atoms with Crippen LogP contribution in [0.25, 0.3) is 0 Å². The molecule has 23 heavy (non-hydrogen) atoms. The summed E-state index contributed by atoms with van der Waals surface area (Å²) in [6, 6.07) is 13.6. The number of hydrogen-bond donors (Lipinski definition) is 2. The Hall–Kier alpha value is -2.17. The maximum atomic E-state index is 12.4. The highest BCUT2D eigenvalue weighted by Crippen LogP contribution is 2.28. The summed E-state index contributed by atoms with van der Waals surface area (Å²) in [6.07, 6.45) is 0. The number of para-hydroxylation sites is 1. The molecule has 0 saturated carbocycles. The van der Waals surface area contributed by atoms with E-state index in [2.05, 4.69) is 0 Å². The number of rotatable bonds is 4. The molecule has 0 amide bonds. The molecule has 4 nitrogen and oxygen atoms in total. The Bertz CT molecular complexity index is 659. The molecule has 0 aliphatic carbocycles. The average molecular weight is 314 g/mol. The van der Waals surface area contributed by atoms with Crippen LogP contribution in [0.2, 0.25) is 0 Å². The normalized spacial score (nSPS) is 12.1. The maximum absolute atomic E-state index is 12.4. The van der Waals surface area contributed by atoms with Crippen LogP contribution in [-0.2, 0) is 11.2 Å². The Kier molecular flexibility index (Phi) is 4.59. The fourth-order valence-corrected chi connectivity index (χ4v) is 2.11. The summed E-state index contributed by atoms with van der Waals surface area (Å²) in [5.41, 5.74) is -0.911. The second-order valence-corrected chi connectivity index (χ2v) is 6.62. The molecule has 2 N–H and O–H groups in total. The highest BCUT2D eigenvalue weighted by Gasteiger charge is 2.24. The van der Waals surface area contributed by atoms with Gasteiger partial charge in [-0.05, 0) is 63.1 Å². The van der Waals surface area contributed by atoms with Gasteiger partial charge in [0.1, 0.15) is 5.75 Å². The molecule has 0 unspecified atom stereocenters. The Morgan fingerprint density at radius 1 is 0.870 bits per heavy atom. The second-order valence-electron chi connectivity index (χ2n) is 6.62. The molecular formula is C19H22O4. The minimum atomic E-state index is -1.14. The van der Waals surface area contributed by atoms with E-state index in [1.54, 1.807) is 70.2 Å². The Morgan fingerprint density at radius 2 is 1.35 bits per heavy atom. The summed E-state index contributed by atoms with van der Waals surface area (Å²) in [5.74, 6) is -0.0937. The van der Waals surface area contributed by atoms with E-state index < -0.39 is 17.2 Å². The minimum absolute atomic E-state index is 0.283. The number of ether oxygens (including phenoxy) is 1. The molecule has 0 saturated heterocycles. The molecule has 0 spiro atoms. The van der Waals surface area contributed by atoms with Gasteiger partial charge in [-0.25, -0.2) is 4.79 Å². The molecular weight excluding hydrogens is 292 g/mol. The summed E-state index contributed by atoms with van der Waals surface area (Å²) in [5, 5.41) is 20.5. The number of carbonyl (C=O) groups excluding carboxylic acids is 1. The number of aliphatic hydroxyl groups is 2. The Balaban J connectivity index is 2.43. The van der Waals surface area contributed by atoms with Crippen LogP contribution in [0.4, 0.5) is 0 Å². The standard InChI is InChI=1S/C19H22O4/c1-18(2,21)14-10-13(11-15(12-14)19(3,4)22)17(20)23-16-8-6-5-7-9-16/h5-12,21-22H,1-4H3. The zero-order valence-corrected chi connectivity index (χ0v) is 13.8. The number of esters is 1. The van der Waals surface area contributed by atoms with Gasteiger partial charge in [-0.3, -0.25) is 0 Å². The van der Waals surface area contributed by atoms with Crippen LogP contribution in [0, 0.1) is 0 Å². The van der Waals surface area contributed by atoms with E-state index in [-0.39, 0.29) is 5.56 Å². The van der Waals surface area contributed by atoms with E-state index in [1.807, 2.05) is 6.07 Å². The van der Waals surface area contributed by atoms with Gasteiger partial charge in [-0.2, -0.15) is 0 Å². The third kappa shape index (κ3) is 4.41. The number of carbonyl (C=O) groups is 1. The second kappa shape index (κ2) is 6.14. The van der Waals surface area contributed by atoms with Gasteiger partial charge in [-0.15, -0.1) is 0 Å². The molecule has 0 fully saturated rings. The molecule has 0 aromatic heterocycles.